The summed E-state index contributed by atoms with van der Waals surface area (Å²) in [5.41, 5.74) is 0. The molecule has 134 valence electrons. The van der Waals surface area contributed by atoms with Crippen molar-refractivity contribution < 1.29 is 13.9 Å². The summed E-state index contributed by atoms with van der Waals surface area (Å²) in [4.78, 5) is 18.7. The average molecular weight is 391 g/mol. The van der Waals surface area contributed by atoms with Crippen molar-refractivity contribution >= 4 is 34.9 Å². The lowest BCUT2D eigenvalue weighted by Gasteiger charge is -2.27. The van der Waals surface area contributed by atoms with Crippen molar-refractivity contribution in [2.24, 2.45) is 0 Å². The van der Waals surface area contributed by atoms with Crippen LogP contribution in [0.1, 0.15) is 18.7 Å². The molecular formula is C19H16Cl2N2O3. The number of carbonyl (C=O) groups excluding carboxylic acids is 1. The molecule has 0 unspecified atom stereocenters. The van der Waals surface area contributed by atoms with Gasteiger partial charge in [0.25, 0.3) is 5.91 Å². The van der Waals surface area contributed by atoms with Gasteiger partial charge in [-0.3, -0.25) is 9.69 Å². The highest BCUT2D eigenvalue weighted by Crippen LogP contribution is 2.29. The van der Waals surface area contributed by atoms with E-state index in [0.717, 1.165) is 0 Å². The minimum Gasteiger partial charge on any atom is -0.482 e. The number of hydrogen-bond donors (Lipinski definition) is 0. The molecule has 5 nitrogen and oxygen atoms in total. The van der Waals surface area contributed by atoms with E-state index >= 15 is 0 Å². The van der Waals surface area contributed by atoms with Gasteiger partial charge in [-0.25, -0.2) is 4.98 Å². The van der Waals surface area contributed by atoms with Gasteiger partial charge in [-0.15, -0.1) is 0 Å². The van der Waals surface area contributed by atoms with E-state index in [1.165, 1.54) is 4.90 Å². The van der Waals surface area contributed by atoms with Gasteiger partial charge in [0.2, 0.25) is 0 Å². The third kappa shape index (κ3) is 4.18. The Morgan fingerprint density at radius 2 is 2.08 bits per heavy atom. The van der Waals surface area contributed by atoms with E-state index in [4.69, 9.17) is 32.4 Å². The Labute approximate surface area is 161 Å². The number of furan rings is 1. The summed E-state index contributed by atoms with van der Waals surface area (Å²) < 4.78 is 11.0. The van der Waals surface area contributed by atoms with Crippen LogP contribution in [0.5, 0.6) is 5.75 Å². The zero-order valence-electron chi connectivity index (χ0n) is 13.9. The lowest BCUT2D eigenvalue weighted by atomic mass is 10.2. The molecule has 0 bridgehead atoms. The molecule has 1 aromatic carbocycles. The molecule has 0 aliphatic carbocycles. The molecular weight excluding hydrogens is 375 g/mol. The molecule has 0 spiro atoms. The van der Waals surface area contributed by atoms with Gasteiger partial charge < -0.3 is 9.15 Å². The van der Waals surface area contributed by atoms with Crippen LogP contribution in [0.3, 0.4) is 0 Å². The van der Waals surface area contributed by atoms with Crippen LogP contribution in [-0.4, -0.2) is 17.5 Å². The summed E-state index contributed by atoms with van der Waals surface area (Å²) in [7, 11) is 0. The van der Waals surface area contributed by atoms with Crippen molar-refractivity contribution in [2.75, 3.05) is 11.5 Å². The normalized spacial score (nSPS) is 11.8. The van der Waals surface area contributed by atoms with Crippen molar-refractivity contribution in [3.05, 3.63) is 76.8 Å². The van der Waals surface area contributed by atoms with E-state index in [2.05, 4.69) is 4.98 Å². The van der Waals surface area contributed by atoms with Crippen LogP contribution < -0.4 is 9.64 Å². The van der Waals surface area contributed by atoms with Crippen molar-refractivity contribution in [1.29, 1.82) is 0 Å². The molecule has 0 radical (unpaired) electrons. The minimum atomic E-state index is -0.350. The molecule has 26 heavy (non-hydrogen) atoms. The van der Waals surface area contributed by atoms with Gasteiger partial charge in [-0.2, -0.15) is 0 Å². The lowest BCUT2D eigenvalue weighted by molar-refractivity contribution is -0.121. The molecule has 2 aromatic heterocycles. The Bertz CT molecular complexity index is 870. The second kappa shape index (κ2) is 8.25. The summed E-state index contributed by atoms with van der Waals surface area (Å²) in [5, 5.41) is 0.837. The third-order valence-corrected chi connectivity index (χ3v) is 4.28. The SMILES string of the molecule is C[C@H](c1ccco1)N(C(=O)COc1ccc(Cl)cc1Cl)c1ccccn1. The molecule has 0 saturated heterocycles. The van der Waals surface area contributed by atoms with Crippen LogP contribution in [0, 0.1) is 0 Å². The monoisotopic (exact) mass is 390 g/mol. The first-order valence-electron chi connectivity index (χ1n) is 7.90. The number of nitrogens with zero attached hydrogens (tertiary/aromatic N) is 2. The highest BCUT2D eigenvalue weighted by molar-refractivity contribution is 6.35. The van der Waals surface area contributed by atoms with Gasteiger partial charge in [0, 0.05) is 11.2 Å². The molecule has 0 N–H and O–H groups in total. The number of pyridine rings is 1. The highest BCUT2D eigenvalue weighted by Gasteiger charge is 2.26. The maximum atomic E-state index is 12.9. The van der Waals surface area contributed by atoms with E-state index in [1.807, 2.05) is 19.1 Å². The van der Waals surface area contributed by atoms with Gasteiger partial charge in [0.1, 0.15) is 17.3 Å². The van der Waals surface area contributed by atoms with Crippen molar-refractivity contribution in [3.63, 3.8) is 0 Å². The number of rotatable bonds is 6. The second-order valence-corrected chi connectivity index (χ2v) is 6.35. The first-order valence-corrected chi connectivity index (χ1v) is 8.66. The van der Waals surface area contributed by atoms with Crippen molar-refractivity contribution in [3.8, 4) is 5.75 Å². The van der Waals surface area contributed by atoms with Crippen molar-refractivity contribution in [1.82, 2.24) is 4.98 Å². The molecule has 1 amide bonds. The van der Waals surface area contributed by atoms with Gasteiger partial charge >= 0.3 is 0 Å². The van der Waals surface area contributed by atoms with E-state index < -0.39 is 0 Å². The van der Waals surface area contributed by atoms with Gasteiger partial charge in [-0.1, -0.05) is 29.3 Å². The van der Waals surface area contributed by atoms with E-state index in [-0.39, 0.29) is 18.6 Å². The van der Waals surface area contributed by atoms with Crippen LogP contribution >= 0.6 is 23.2 Å². The third-order valence-electron chi connectivity index (χ3n) is 3.75. The Balaban J connectivity index is 1.81. The van der Waals surface area contributed by atoms with Crippen LogP contribution in [0.15, 0.2) is 65.4 Å². The Morgan fingerprint density at radius 3 is 2.73 bits per heavy atom. The fraction of sp³-hybridized carbons (Fsp3) is 0.158. The molecule has 7 heteroatoms. The summed E-state index contributed by atoms with van der Waals surface area (Å²) >= 11 is 12.0. The summed E-state index contributed by atoms with van der Waals surface area (Å²) in [6, 6.07) is 13.4. The second-order valence-electron chi connectivity index (χ2n) is 5.51. The van der Waals surface area contributed by atoms with Crippen molar-refractivity contribution in [2.45, 2.75) is 13.0 Å². The fourth-order valence-electron chi connectivity index (χ4n) is 2.50. The lowest BCUT2D eigenvalue weighted by Crippen LogP contribution is -2.37. The van der Waals surface area contributed by atoms with E-state index in [0.29, 0.717) is 27.4 Å². The molecule has 1 atom stereocenters. The molecule has 0 fully saturated rings. The first-order chi connectivity index (χ1) is 12.6. The number of ether oxygens (including phenoxy) is 1. The topological polar surface area (TPSA) is 55.6 Å². The summed E-state index contributed by atoms with van der Waals surface area (Å²) in [6.07, 6.45) is 3.19. The largest absolute Gasteiger partial charge is 0.482 e. The molecule has 0 aliphatic heterocycles. The fourth-order valence-corrected chi connectivity index (χ4v) is 2.96. The molecule has 3 rings (SSSR count). The smallest absolute Gasteiger partial charge is 0.266 e. The summed E-state index contributed by atoms with van der Waals surface area (Å²) in [6.45, 7) is 1.66. The zero-order chi connectivity index (χ0) is 18.5. The zero-order valence-corrected chi connectivity index (χ0v) is 15.4. The standard InChI is InChI=1S/C19H16Cl2N2O3/c1-13(16-5-4-10-25-16)23(18-6-2-3-9-22-18)19(24)12-26-17-8-7-14(20)11-15(17)21/h2-11,13H,12H2,1H3/t13-/m1/s1. The number of amides is 1. The summed E-state index contributed by atoms with van der Waals surface area (Å²) in [5.74, 6) is 1.26. The minimum absolute atomic E-state index is 0.205. The van der Waals surface area contributed by atoms with Gasteiger partial charge in [-0.05, 0) is 49.4 Å². The van der Waals surface area contributed by atoms with Crippen LogP contribution in [0.25, 0.3) is 0 Å². The maximum absolute atomic E-state index is 12.9. The van der Waals surface area contributed by atoms with E-state index in [9.17, 15) is 4.79 Å². The Hall–Kier alpha value is -2.50. The Morgan fingerprint density at radius 1 is 1.23 bits per heavy atom. The van der Waals surface area contributed by atoms with Gasteiger partial charge in [0.15, 0.2) is 6.61 Å². The number of aromatic nitrogens is 1. The number of benzene rings is 1. The van der Waals surface area contributed by atoms with E-state index in [1.54, 1.807) is 48.9 Å². The van der Waals surface area contributed by atoms with Gasteiger partial charge in [0.05, 0.1) is 17.3 Å². The Kier molecular flexibility index (Phi) is 5.81. The number of carbonyl (C=O) groups is 1. The highest BCUT2D eigenvalue weighted by atomic mass is 35.5. The molecule has 2 heterocycles. The molecule has 0 aliphatic rings. The van der Waals surface area contributed by atoms with Crippen LogP contribution in [0.4, 0.5) is 5.82 Å². The quantitative estimate of drug-likeness (QED) is 0.583. The average Bonchev–Trinajstić information content (AvgIpc) is 3.17. The van der Waals surface area contributed by atoms with Crippen LogP contribution in [-0.2, 0) is 4.79 Å². The molecule has 0 saturated carbocycles. The number of hydrogen-bond acceptors (Lipinski definition) is 4. The predicted octanol–water partition coefficient (Wildman–Crippen LogP) is 5.15. The number of halogens is 2. The number of anilines is 1. The first kappa shape index (κ1) is 18.3. The van der Waals surface area contributed by atoms with Crippen LogP contribution in [0.2, 0.25) is 10.0 Å². The maximum Gasteiger partial charge on any atom is 0.266 e. The predicted molar refractivity (Wildman–Crippen MR) is 101 cm³/mol. The molecule has 3 aromatic rings.